The number of carbonyl (C=O) groups is 2. The molecule has 1 rings (SSSR count). The van der Waals surface area contributed by atoms with E-state index in [2.05, 4.69) is 19.1 Å². The molecule has 0 fully saturated rings. The molecule has 32 heavy (non-hydrogen) atoms. The molecule has 0 radical (unpaired) electrons. The molecule has 0 saturated carbocycles. The summed E-state index contributed by atoms with van der Waals surface area (Å²) >= 11 is 0. The second-order valence-corrected chi connectivity index (χ2v) is 8.88. The summed E-state index contributed by atoms with van der Waals surface area (Å²) in [6.07, 6.45) is 21.3. The van der Waals surface area contributed by atoms with Gasteiger partial charge in [-0.15, -0.1) is 0 Å². The zero-order valence-corrected chi connectivity index (χ0v) is 20.4. The fraction of sp³-hybridized carbons (Fsp3) is 0.643. The van der Waals surface area contributed by atoms with Crippen LogP contribution in [0.2, 0.25) is 0 Å². The van der Waals surface area contributed by atoms with Gasteiger partial charge in [-0.25, -0.2) is 4.79 Å². The third kappa shape index (κ3) is 13.3. The van der Waals surface area contributed by atoms with Crippen LogP contribution in [0.25, 0.3) is 0 Å². The van der Waals surface area contributed by atoms with E-state index in [9.17, 15) is 14.7 Å². The minimum absolute atomic E-state index is 0.0742. The predicted molar refractivity (Wildman–Crippen MR) is 134 cm³/mol. The maximum atomic E-state index is 12.5. The SMILES string of the molecule is CCCCCC/C=C\CCCCCCCCCC(=O)N(C)C(Cc1ccccc1)C(=O)O. The summed E-state index contributed by atoms with van der Waals surface area (Å²) in [5, 5.41) is 9.56. The van der Waals surface area contributed by atoms with Crippen LogP contribution in [-0.2, 0) is 16.0 Å². The minimum Gasteiger partial charge on any atom is -0.480 e. The van der Waals surface area contributed by atoms with Gasteiger partial charge in [0.2, 0.25) is 5.91 Å². The standard InChI is InChI=1S/C28H45NO3/c1-3-4-5-6-7-8-9-10-11-12-13-14-15-16-20-23-27(30)29(2)26(28(31)32)24-25-21-18-17-19-22-25/h8-9,17-19,21-22,26H,3-7,10-16,20,23-24H2,1-2H3,(H,31,32)/b9-8-. The molecular weight excluding hydrogens is 398 g/mol. The number of hydrogen-bond acceptors (Lipinski definition) is 2. The zero-order valence-electron chi connectivity index (χ0n) is 20.4. The maximum Gasteiger partial charge on any atom is 0.326 e. The van der Waals surface area contributed by atoms with Crippen molar-refractivity contribution in [1.82, 2.24) is 4.90 Å². The number of benzene rings is 1. The van der Waals surface area contributed by atoms with Crippen molar-refractivity contribution < 1.29 is 14.7 Å². The first-order valence-corrected chi connectivity index (χ1v) is 12.7. The van der Waals surface area contributed by atoms with Gasteiger partial charge >= 0.3 is 5.97 Å². The molecule has 1 unspecified atom stereocenters. The molecule has 0 aliphatic rings. The molecule has 1 aromatic carbocycles. The number of rotatable bonds is 19. The van der Waals surface area contributed by atoms with Crippen molar-refractivity contribution in [2.24, 2.45) is 0 Å². The molecule has 0 aromatic heterocycles. The van der Waals surface area contributed by atoms with E-state index in [0.29, 0.717) is 12.8 Å². The van der Waals surface area contributed by atoms with Crippen molar-refractivity contribution in [3.8, 4) is 0 Å². The molecule has 0 saturated heterocycles. The average Bonchev–Trinajstić information content (AvgIpc) is 2.80. The Balaban J connectivity index is 2.07. The minimum atomic E-state index is -0.948. The lowest BCUT2D eigenvalue weighted by Gasteiger charge is -2.25. The van der Waals surface area contributed by atoms with Crippen molar-refractivity contribution in [2.75, 3.05) is 7.05 Å². The molecule has 4 nitrogen and oxygen atoms in total. The molecule has 0 aliphatic carbocycles. The van der Waals surface area contributed by atoms with Crippen LogP contribution in [0.5, 0.6) is 0 Å². The number of unbranched alkanes of at least 4 members (excludes halogenated alkanes) is 11. The molecule has 0 bridgehead atoms. The molecule has 180 valence electrons. The van der Waals surface area contributed by atoms with Gasteiger partial charge in [0.15, 0.2) is 0 Å². The fourth-order valence-corrected chi connectivity index (χ4v) is 3.92. The molecule has 0 spiro atoms. The number of likely N-dealkylation sites (N-methyl/N-ethyl adjacent to an activating group) is 1. The van der Waals surface area contributed by atoms with Gasteiger partial charge in [0.05, 0.1) is 0 Å². The van der Waals surface area contributed by atoms with Crippen molar-refractivity contribution in [2.45, 2.75) is 109 Å². The number of hydrogen-bond donors (Lipinski definition) is 1. The lowest BCUT2D eigenvalue weighted by atomic mass is 10.0. The Bertz CT molecular complexity index is 641. The zero-order chi connectivity index (χ0) is 23.4. The van der Waals surface area contributed by atoms with Crippen molar-refractivity contribution >= 4 is 11.9 Å². The number of amides is 1. The van der Waals surface area contributed by atoms with Crippen LogP contribution in [0.4, 0.5) is 0 Å². The quantitative estimate of drug-likeness (QED) is 0.182. The Hall–Kier alpha value is -2.10. The summed E-state index contributed by atoms with van der Waals surface area (Å²) in [4.78, 5) is 25.5. The Morgan fingerprint density at radius 2 is 1.38 bits per heavy atom. The highest BCUT2D eigenvalue weighted by molar-refractivity contribution is 5.83. The largest absolute Gasteiger partial charge is 0.480 e. The molecule has 1 N–H and O–H groups in total. The van der Waals surface area contributed by atoms with Crippen molar-refractivity contribution in [3.63, 3.8) is 0 Å². The Morgan fingerprint density at radius 1 is 0.844 bits per heavy atom. The van der Waals surface area contributed by atoms with Crippen LogP contribution in [-0.4, -0.2) is 35.0 Å². The first-order chi connectivity index (χ1) is 15.6. The lowest BCUT2D eigenvalue weighted by Crippen LogP contribution is -2.43. The van der Waals surface area contributed by atoms with E-state index in [0.717, 1.165) is 24.8 Å². The third-order valence-corrected chi connectivity index (χ3v) is 6.07. The number of carboxylic acid groups (broad SMARTS) is 1. The summed E-state index contributed by atoms with van der Waals surface area (Å²) in [6.45, 7) is 2.25. The van der Waals surface area contributed by atoms with Crippen LogP contribution in [0.1, 0.15) is 102 Å². The van der Waals surface area contributed by atoms with Crippen LogP contribution in [0, 0.1) is 0 Å². The number of nitrogens with zero attached hydrogens (tertiary/aromatic N) is 1. The van der Waals surface area contributed by atoms with Gasteiger partial charge in [-0.2, -0.15) is 0 Å². The number of allylic oxidation sites excluding steroid dienone is 2. The van der Waals surface area contributed by atoms with Crippen LogP contribution in [0.15, 0.2) is 42.5 Å². The normalized spacial score (nSPS) is 12.2. The van der Waals surface area contributed by atoms with Gasteiger partial charge in [0.25, 0.3) is 0 Å². The number of carbonyl (C=O) groups excluding carboxylic acids is 1. The summed E-state index contributed by atoms with van der Waals surface area (Å²) in [5.74, 6) is -1.02. The van der Waals surface area contributed by atoms with Gasteiger partial charge in [0, 0.05) is 19.9 Å². The fourth-order valence-electron chi connectivity index (χ4n) is 3.92. The molecule has 1 amide bonds. The second kappa shape index (κ2) is 18.5. The Kier molecular flexibility index (Phi) is 16.1. The van der Waals surface area contributed by atoms with Crippen LogP contribution < -0.4 is 0 Å². The number of carboxylic acids is 1. The van der Waals surface area contributed by atoms with Gasteiger partial charge in [0.1, 0.15) is 6.04 Å². The van der Waals surface area contributed by atoms with Crippen LogP contribution >= 0.6 is 0 Å². The molecule has 1 atom stereocenters. The van der Waals surface area contributed by atoms with E-state index in [1.165, 1.54) is 69.1 Å². The van der Waals surface area contributed by atoms with Gasteiger partial charge in [-0.05, 0) is 37.7 Å². The monoisotopic (exact) mass is 443 g/mol. The van der Waals surface area contributed by atoms with Gasteiger partial charge in [-0.3, -0.25) is 4.79 Å². The van der Waals surface area contributed by atoms with Crippen molar-refractivity contribution in [3.05, 3.63) is 48.0 Å². The topological polar surface area (TPSA) is 57.6 Å². The van der Waals surface area contributed by atoms with Crippen molar-refractivity contribution in [1.29, 1.82) is 0 Å². The van der Waals surface area contributed by atoms with Gasteiger partial charge in [-0.1, -0.05) is 101 Å². The highest BCUT2D eigenvalue weighted by atomic mass is 16.4. The first-order valence-electron chi connectivity index (χ1n) is 12.7. The molecule has 0 aliphatic heterocycles. The lowest BCUT2D eigenvalue weighted by molar-refractivity contribution is -0.149. The highest BCUT2D eigenvalue weighted by Crippen LogP contribution is 2.13. The smallest absolute Gasteiger partial charge is 0.326 e. The van der Waals surface area contributed by atoms with E-state index in [1.54, 1.807) is 7.05 Å². The number of aliphatic carboxylic acids is 1. The Labute approximate surface area is 196 Å². The maximum absolute atomic E-state index is 12.5. The predicted octanol–water partition coefficient (Wildman–Crippen LogP) is 7.18. The third-order valence-electron chi connectivity index (χ3n) is 6.07. The second-order valence-electron chi connectivity index (χ2n) is 8.88. The summed E-state index contributed by atoms with van der Waals surface area (Å²) in [5.41, 5.74) is 0.932. The average molecular weight is 444 g/mol. The van der Waals surface area contributed by atoms with Crippen LogP contribution in [0.3, 0.4) is 0 Å². The van der Waals surface area contributed by atoms with E-state index in [4.69, 9.17) is 0 Å². The summed E-state index contributed by atoms with van der Waals surface area (Å²) in [7, 11) is 1.61. The van der Waals surface area contributed by atoms with E-state index < -0.39 is 12.0 Å². The molecule has 4 heteroatoms. The molecule has 1 aromatic rings. The van der Waals surface area contributed by atoms with E-state index in [1.807, 2.05) is 30.3 Å². The van der Waals surface area contributed by atoms with E-state index >= 15 is 0 Å². The first kappa shape index (κ1) is 27.9. The molecule has 0 heterocycles. The Morgan fingerprint density at radius 3 is 1.94 bits per heavy atom. The molecular formula is C28H45NO3. The summed E-state index contributed by atoms with van der Waals surface area (Å²) < 4.78 is 0. The highest BCUT2D eigenvalue weighted by Gasteiger charge is 2.26. The van der Waals surface area contributed by atoms with E-state index in [-0.39, 0.29) is 5.91 Å². The summed E-state index contributed by atoms with van der Waals surface area (Å²) in [6, 6.07) is 8.68. The van der Waals surface area contributed by atoms with Gasteiger partial charge < -0.3 is 10.0 Å².